The van der Waals surface area contributed by atoms with Crippen molar-refractivity contribution in [3.8, 4) is 0 Å². The van der Waals surface area contributed by atoms with Gasteiger partial charge in [-0.3, -0.25) is 4.90 Å². The summed E-state index contributed by atoms with van der Waals surface area (Å²) in [6.07, 6.45) is 2.06. The van der Waals surface area contributed by atoms with Gasteiger partial charge in [-0.1, -0.05) is 43.3 Å². The predicted octanol–water partition coefficient (Wildman–Crippen LogP) is 3.01. The third-order valence-electron chi connectivity index (χ3n) is 3.29. The van der Waals surface area contributed by atoms with Gasteiger partial charge in [-0.2, -0.15) is 0 Å². The molecule has 0 saturated carbocycles. The highest BCUT2D eigenvalue weighted by Crippen LogP contribution is 2.53. The number of hydrogen-bond donors (Lipinski definition) is 0. The quantitative estimate of drug-likeness (QED) is 0.519. The highest BCUT2D eigenvalue weighted by Gasteiger charge is 2.56. The molecule has 0 amide bonds. The molecule has 2 rings (SSSR count). The molecule has 0 aromatic heterocycles. The van der Waals surface area contributed by atoms with Crippen molar-refractivity contribution in [2.75, 3.05) is 6.54 Å². The molecule has 1 nitrogen and oxygen atoms in total. The lowest BCUT2D eigenvalue weighted by Crippen LogP contribution is -2.09. The molecule has 14 heavy (non-hydrogen) atoms. The molecule has 3 unspecified atom stereocenters. The van der Waals surface area contributed by atoms with Crippen LogP contribution in [0.4, 0.5) is 0 Å². The van der Waals surface area contributed by atoms with E-state index in [2.05, 4.69) is 61.7 Å². The van der Waals surface area contributed by atoms with Crippen molar-refractivity contribution in [3.05, 3.63) is 48.6 Å². The van der Waals surface area contributed by atoms with Crippen LogP contribution in [0.25, 0.3) is 0 Å². The van der Waals surface area contributed by atoms with Crippen LogP contribution in [0.1, 0.15) is 25.5 Å². The minimum Gasteiger partial charge on any atom is -0.284 e. The van der Waals surface area contributed by atoms with Gasteiger partial charge in [0.15, 0.2) is 0 Å². The van der Waals surface area contributed by atoms with Gasteiger partial charge in [0.05, 0.1) is 11.6 Å². The summed E-state index contributed by atoms with van der Waals surface area (Å²) in [5.74, 6) is 0. The molecule has 1 heteroatoms. The van der Waals surface area contributed by atoms with E-state index >= 15 is 0 Å². The van der Waals surface area contributed by atoms with Crippen LogP contribution in [0.5, 0.6) is 0 Å². The number of nitrogens with zero attached hydrogens (tertiary/aromatic N) is 1. The molecule has 0 N–H and O–H groups in total. The Kier molecular flexibility index (Phi) is 2.20. The Hall–Kier alpha value is -1.08. The first-order valence-corrected chi connectivity index (χ1v) is 5.19. The van der Waals surface area contributed by atoms with Crippen LogP contribution in [0.3, 0.4) is 0 Å². The molecule has 0 spiro atoms. The second-order valence-electron chi connectivity index (χ2n) is 4.03. The minimum absolute atomic E-state index is 0.177. The first-order chi connectivity index (χ1) is 6.74. The Balaban J connectivity index is 2.27. The number of likely N-dealkylation sites (N-methyl/N-ethyl adjacent to an activating group) is 1. The summed E-state index contributed by atoms with van der Waals surface area (Å²) in [5.41, 5.74) is 1.58. The standard InChI is InChI=1S/C13H17N/c1-4-13(3)12(14(13)5-2)11-9-7-6-8-10-11/h4,6-10,12H,1,5H2,2-3H3. The fraction of sp³-hybridized carbons (Fsp3) is 0.385. The van der Waals surface area contributed by atoms with Gasteiger partial charge in [0.2, 0.25) is 0 Å². The fourth-order valence-electron chi connectivity index (χ4n) is 2.38. The van der Waals surface area contributed by atoms with Crippen molar-refractivity contribution < 1.29 is 0 Å². The molecule has 1 aliphatic heterocycles. The average Bonchev–Trinajstić information content (AvgIpc) is 2.86. The predicted molar refractivity (Wildman–Crippen MR) is 60.2 cm³/mol. The minimum atomic E-state index is 0.177. The fourth-order valence-corrected chi connectivity index (χ4v) is 2.38. The van der Waals surface area contributed by atoms with Crippen LogP contribution in [0.15, 0.2) is 43.0 Å². The Morgan fingerprint density at radius 2 is 2.07 bits per heavy atom. The average molecular weight is 187 g/mol. The summed E-state index contributed by atoms with van der Waals surface area (Å²) in [7, 11) is 0. The summed E-state index contributed by atoms with van der Waals surface area (Å²) in [5, 5.41) is 0. The van der Waals surface area contributed by atoms with Crippen molar-refractivity contribution in [1.82, 2.24) is 4.90 Å². The van der Waals surface area contributed by atoms with Crippen molar-refractivity contribution in [2.24, 2.45) is 0 Å². The highest BCUT2D eigenvalue weighted by atomic mass is 15.4. The van der Waals surface area contributed by atoms with Crippen molar-refractivity contribution in [3.63, 3.8) is 0 Å². The lowest BCUT2D eigenvalue weighted by atomic mass is 10.0. The van der Waals surface area contributed by atoms with Crippen LogP contribution in [0.2, 0.25) is 0 Å². The summed E-state index contributed by atoms with van der Waals surface area (Å²) in [6.45, 7) is 9.46. The molecule has 3 atom stereocenters. The van der Waals surface area contributed by atoms with Crippen LogP contribution in [0, 0.1) is 0 Å². The Morgan fingerprint density at radius 1 is 1.43 bits per heavy atom. The van der Waals surface area contributed by atoms with E-state index in [1.165, 1.54) is 5.56 Å². The third kappa shape index (κ3) is 1.20. The van der Waals surface area contributed by atoms with Crippen LogP contribution in [-0.4, -0.2) is 17.0 Å². The normalized spacial score (nSPS) is 35.3. The molecule has 1 aromatic rings. The largest absolute Gasteiger partial charge is 0.284 e. The van der Waals surface area contributed by atoms with Gasteiger partial charge in [-0.15, -0.1) is 6.58 Å². The van der Waals surface area contributed by atoms with E-state index in [0.29, 0.717) is 6.04 Å². The molecule has 1 aliphatic rings. The van der Waals surface area contributed by atoms with Gasteiger partial charge >= 0.3 is 0 Å². The Morgan fingerprint density at radius 3 is 2.50 bits per heavy atom. The Bertz CT molecular complexity index is 330. The molecule has 1 aromatic carbocycles. The van der Waals surface area contributed by atoms with Gasteiger partial charge < -0.3 is 0 Å². The molecule has 74 valence electrons. The topological polar surface area (TPSA) is 3.01 Å². The first-order valence-electron chi connectivity index (χ1n) is 5.19. The van der Waals surface area contributed by atoms with E-state index < -0.39 is 0 Å². The molecular formula is C13H17N. The molecular weight excluding hydrogens is 170 g/mol. The van der Waals surface area contributed by atoms with Crippen LogP contribution in [-0.2, 0) is 0 Å². The highest BCUT2D eigenvalue weighted by molar-refractivity contribution is 5.35. The third-order valence-corrected chi connectivity index (χ3v) is 3.29. The van der Waals surface area contributed by atoms with E-state index in [1.807, 2.05) is 0 Å². The zero-order valence-corrected chi connectivity index (χ0v) is 8.90. The molecule has 0 bridgehead atoms. The van der Waals surface area contributed by atoms with E-state index in [4.69, 9.17) is 0 Å². The maximum Gasteiger partial charge on any atom is 0.0574 e. The van der Waals surface area contributed by atoms with E-state index in [9.17, 15) is 0 Å². The summed E-state index contributed by atoms with van der Waals surface area (Å²) in [6, 6.07) is 11.2. The SMILES string of the molecule is C=CC1(C)C(c2ccccc2)N1CC. The van der Waals surface area contributed by atoms with Crippen LogP contribution >= 0.6 is 0 Å². The summed E-state index contributed by atoms with van der Waals surface area (Å²) in [4.78, 5) is 2.45. The zero-order chi connectivity index (χ0) is 10.2. The van der Waals surface area contributed by atoms with Gasteiger partial charge in [0.1, 0.15) is 0 Å². The Labute approximate surface area is 86.1 Å². The molecule has 1 saturated heterocycles. The monoisotopic (exact) mass is 187 g/mol. The van der Waals surface area contributed by atoms with E-state index in [-0.39, 0.29) is 5.54 Å². The van der Waals surface area contributed by atoms with Crippen molar-refractivity contribution in [1.29, 1.82) is 0 Å². The second kappa shape index (κ2) is 3.25. The number of benzene rings is 1. The molecule has 0 radical (unpaired) electrons. The maximum atomic E-state index is 3.93. The number of rotatable bonds is 3. The molecule has 1 heterocycles. The zero-order valence-electron chi connectivity index (χ0n) is 8.90. The summed E-state index contributed by atoms with van der Waals surface area (Å²) < 4.78 is 0. The second-order valence-corrected chi connectivity index (χ2v) is 4.03. The van der Waals surface area contributed by atoms with Gasteiger partial charge in [0.25, 0.3) is 0 Å². The molecule has 1 fully saturated rings. The first kappa shape index (κ1) is 9.47. The van der Waals surface area contributed by atoms with Crippen LogP contribution < -0.4 is 0 Å². The van der Waals surface area contributed by atoms with Gasteiger partial charge in [-0.05, 0) is 19.0 Å². The maximum absolute atomic E-state index is 3.93. The van der Waals surface area contributed by atoms with E-state index in [1.54, 1.807) is 0 Å². The molecule has 0 aliphatic carbocycles. The lowest BCUT2D eigenvalue weighted by molar-refractivity contribution is 0.482. The number of hydrogen-bond acceptors (Lipinski definition) is 1. The smallest absolute Gasteiger partial charge is 0.0574 e. The van der Waals surface area contributed by atoms with E-state index in [0.717, 1.165) is 6.54 Å². The van der Waals surface area contributed by atoms with Gasteiger partial charge in [0, 0.05) is 0 Å². The van der Waals surface area contributed by atoms with Crippen molar-refractivity contribution in [2.45, 2.75) is 25.4 Å². The summed E-state index contributed by atoms with van der Waals surface area (Å²) >= 11 is 0. The lowest BCUT2D eigenvalue weighted by Gasteiger charge is -2.01. The van der Waals surface area contributed by atoms with Crippen molar-refractivity contribution >= 4 is 0 Å². The van der Waals surface area contributed by atoms with Gasteiger partial charge in [-0.25, -0.2) is 0 Å².